The Morgan fingerprint density at radius 2 is 2.15 bits per heavy atom. The maximum absolute atomic E-state index is 5.94. The monoisotopic (exact) mass is 293 g/mol. The molecule has 0 atom stereocenters. The molecule has 0 saturated carbocycles. The minimum atomic E-state index is 0.265. The molecule has 0 saturated heterocycles. The Labute approximate surface area is 120 Å². The molecule has 7 heteroatoms. The molecule has 1 N–H and O–H groups in total. The van der Waals surface area contributed by atoms with Gasteiger partial charge in [-0.15, -0.1) is 0 Å². The van der Waals surface area contributed by atoms with Crippen LogP contribution in [0.3, 0.4) is 0 Å². The quantitative estimate of drug-likeness (QED) is 0.874. The molecule has 2 aromatic rings. The summed E-state index contributed by atoms with van der Waals surface area (Å²) >= 11 is 5.94. The minimum Gasteiger partial charge on any atom is -0.490 e. The fourth-order valence-electron chi connectivity index (χ4n) is 1.90. The first-order valence-corrected chi connectivity index (χ1v) is 6.32. The van der Waals surface area contributed by atoms with Crippen LogP contribution in [0.4, 0.5) is 5.82 Å². The molecule has 0 spiro atoms. The van der Waals surface area contributed by atoms with Crippen LogP contribution in [0, 0.1) is 0 Å². The van der Waals surface area contributed by atoms with E-state index in [-0.39, 0.29) is 11.9 Å². The van der Waals surface area contributed by atoms with E-state index in [4.69, 9.17) is 25.8 Å². The van der Waals surface area contributed by atoms with Gasteiger partial charge in [0.25, 0.3) is 0 Å². The first-order valence-electron chi connectivity index (χ1n) is 5.95. The molecule has 0 aliphatic carbocycles. The van der Waals surface area contributed by atoms with Gasteiger partial charge in [0.15, 0.2) is 28.2 Å². The minimum absolute atomic E-state index is 0.265. The van der Waals surface area contributed by atoms with E-state index in [0.29, 0.717) is 18.1 Å². The number of hydrogen-bond acceptors (Lipinski definition) is 6. The molecule has 2 heterocycles. The lowest BCUT2D eigenvalue weighted by molar-refractivity contribution is 0.174. The van der Waals surface area contributed by atoms with E-state index in [2.05, 4.69) is 15.3 Å². The number of fused-ring (bicyclic) bond motifs is 1. The van der Waals surface area contributed by atoms with E-state index in [1.165, 1.54) is 13.4 Å². The van der Waals surface area contributed by atoms with E-state index < -0.39 is 0 Å². The van der Waals surface area contributed by atoms with Gasteiger partial charge in [0.2, 0.25) is 6.79 Å². The number of hydrogen-bond donors (Lipinski definition) is 1. The predicted octanol–water partition coefficient (Wildman–Crippen LogP) is 2.48. The van der Waals surface area contributed by atoms with Crippen LogP contribution < -0.4 is 19.5 Å². The molecule has 6 nitrogen and oxygen atoms in total. The molecule has 0 radical (unpaired) electrons. The Balaban J connectivity index is 1.75. The van der Waals surface area contributed by atoms with Gasteiger partial charge in [0.1, 0.15) is 6.33 Å². The molecule has 1 aliphatic rings. The predicted molar refractivity (Wildman–Crippen MR) is 73.5 cm³/mol. The van der Waals surface area contributed by atoms with Gasteiger partial charge in [-0.2, -0.15) is 0 Å². The van der Waals surface area contributed by atoms with Crippen molar-refractivity contribution in [1.82, 2.24) is 9.97 Å². The highest BCUT2D eigenvalue weighted by Gasteiger charge is 2.14. The molecule has 0 amide bonds. The van der Waals surface area contributed by atoms with Crippen molar-refractivity contribution in [2.75, 3.05) is 19.2 Å². The lowest BCUT2D eigenvalue weighted by Crippen LogP contribution is -2.04. The number of benzene rings is 1. The number of nitrogens with zero attached hydrogens (tertiary/aromatic N) is 2. The summed E-state index contributed by atoms with van der Waals surface area (Å²) in [6.45, 7) is 0.821. The highest BCUT2D eigenvalue weighted by Crippen LogP contribution is 2.33. The Kier molecular flexibility index (Phi) is 3.47. The van der Waals surface area contributed by atoms with Crippen LogP contribution in [-0.2, 0) is 6.54 Å². The summed E-state index contributed by atoms with van der Waals surface area (Å²) in [6, 6.07) is 5.75. The van der Waals surface area contributed by atoms with Crippen molar-refractivity contribution < 1.29 is 14.2 Å². The fourth-order valence-corrected chi connectivity index (χ4v) is 2.11. The Morgan fingerprint density at radius 1 is 1.30 bits per heavy atom. The Morgan fingerprint density at radius 3 is 3.00 bits per heavy atom. The second kappa shape index (κ2) is 5.42. The van der Waals surface area contributed by atoms with Crippen LogP contribution in [0.15, 0.2) is 24.5 Å². The largest absolute Gasteiger partial charge is 0.490 e. The van der Waals surface area contributed by atoms with Crippen LogP contribution in [0.2, 0.25) is 5.15 Å². The third kappa shape index (κ3) is 2.42. The molecule has 0 fully saturated rings. The lowest BCUT2D eigenvalue weighted by atomic mass is 10.2. The normalized spacial score (nSPS) is 12.3. The average molecular weight is 294 g/mol. The molecule has 1 aromatic heterocycles. The molecule has 1 aliphatic heterocycles. The number of methoxy groups -OCH3 is 1. The topological polar surface area (TPSA) is 65.5 Å². The molecule has 3 rings (SSSR count). The zero-order valence-electron chi connectivity index (χ0n) is 10.7. The average Bonchev–Trinajstić information content (AvgIpc) is 2.92. The second-order valence-electron chi connectivity index (χ2n) is 4.09. The van der Waals surface area contributed by atoms with E-state index in [9.17, 15) is 0 Å². The Hall–Kier alpha value is -2.21. The smallest absolute Gasteiger partial charge is 0.231 e. The molecular weight excluding hydrogens is 282 g/mol. The number of rotatable bonds is 4. The molecule has 104 valence electrons. The molecular formula is C13H12ClN3O3. The molecule has 1 aromatic carbocycles. The van der Waals surface area contributed by atoms with Crippen molar-refractivity contribution in [1.29, 1.82) is 0 Å². The summed E-state index contributed by atoms with van der Waals surface area (Å²) in [5.41, 5.74) is 1.03. The summed E-state index contributed by atoms with van der Waals surface area (Å²) in [5.74, 6) is 2.48. The molecule has 0 unspecified atom stereocenters. The van der Waals surface area contributed by atoms with Crippen LogP contribution in [0.25, 0.3) is 0 Å². The second-order valence-corrected chi connectivity index (χ2v) is 4.45. The third-order valence-electron chi connectivity index (χ3n) is 2.86. The van der Waals surface area contributed by atoms with Crippen LogP contribution in [0.5, 0.6) is 17.2 Å². The van der Waals surface area contributed by atoms with Gasteiger partial charge in [-0.3, -0.25) is 0 Å². The Bertz CT molecular complexity index is 636. The summed E-state index contributed by atoms with van der Waals surface area (Å²) in [7, 11) is 1.52. The standard InChI is InChI=1S/C13H12ClN3O3/c1-18-11-12(14)16-6-17-13(11)15-5-8-2-3-9-10(4-8)20-7-19-9/h2-4,6H,5,7H2,1H3,(H,15,16,17). The lowest BCUT2D eigenvalue weighted by Gasteiger charge is -2.10. The van der Waals surface area contributed by atoms with E-state index in [1.807, 2.05) is 18.2 Å². The van der Waals surface area contributed by atoms with Gasteiger partial charge in [0.05, 0.1) is 7.11 Å². The highest BCUT2D eigenvalue weighted by atomic mass is 35.5. The first-order chi connectivity index (χ1) is 9.78. The van der Waals surface area contributed by atoms with Gasteiger partial charge in [0, 0.05) is 6.54 Å². The van der Waals surface area contributed by atoms with Crippen molar-refractivity contribution in [3.8, 4) is 17.2 Å². The number of aromatic nitrogens is 2. The van der Waals surface area contributed by atoms with E-state index >= 15 is 0 Å². The maximum Gasteiger partial charge on any atom is 0.231 e. The van der Waals surface area contributed by atoms with Crippen LogP contribution in [0.1, 0.15) is 5.56 Å². The summed E-state index contributed by atoms with van der Waals surface area (Å²) in [6.07, 6.45) is 1.38. The van der Waals surface area contributed by atoms with E-state index in [0.717, 1.165) is 17.1 Å². The summed E-state index contributed by atoms with van der Waals surface area (Å²) in [4.78, 5) is 7.98. The van der Waals surface area contributed by atoms with Crippen LogP contribution >= 0.6 is 11.6 Å². The van der Waals surface area contributed by atoms with Gasteiger partial charge < -0.3 is 19.5 Å². The maximum atomic E-state index is 5.94. The number of halogens is 1. The number of ether oxygens (including phenoxy) is 3. The van der Waals surface area contributed by atoms with Gasteiger partial charge >= 0.3 is 0 Å². The highest BCUT2D eigenvalue weighted by molar-refractivity contribution is 6.31. The van der Waals surface area contributed by atoms with Crippen molar-refractivity contribution in [2.45, 2.75) is 6.54 Å². The zero-order valence-corrected chi connectivity index (χ0v) is 11.5. The summed E-state index contributed by atoms with van der Waals surface area (Å²) in [5, 5.41) is 3.43. The van der Waals surface area contributed by atoms with Crippen molar-refractivity contribution in [3.05, 3.63) is 35.2 Å². The third-order valence-corrected chi connectivity index (χ3v) is 3.13. The zero-order chi connectivity index (χ0) is 13.9. The van der Waals surface area contributed by atoms with Crippen LogP contribution in [-0.4, -0.2) is 23.9 Å². The van der Waals surface area contributed by atoms with Crippen molar-refractivity contribution in [2.24, 2.45) is 0 Å². The van der Waals surface area contributed by atoms with Gasteiger partial charge in [-0.05, 0) is 17.7 Å². The first kappa shape index (κ1) is 12.8. The number of anilines is 1. The van der Waals surface area contributed by atoms with E-state index in [1.54, 1.807) is 0 Å². The fraction of sp³-hybridized carbons (Fsp3) is 0.231. The SMILES string of the molecule is COc1c(Cl)ncnc1NCc1ccc2c(c1)OCO2. The van der Waals surface area contributed by atoms with Gasteiger partial charge in [-0.1, -0.05) is 17.7 Å². The van der Waals surface area contributed by atoms with Crippen molar-refractivity contribution >= 4 is 17.4 Å². The van der Waals surface area contributed by atoms with Gasteiger partial charge in [-0.25, -0.2) is 9.97 Å². The molecule has 20 heavy (non-hydrogen) atoms. The molecule has 0 bridgehead atoms. The number of nitrogens with one attached hydrogen (secondary N) is 1. The summed E-state index contributed by atoms with van der Waals surface area (Å²) < 4.78 is 15.8. The van der Waals surface area contributed by atoms with Crippen molar-refractivity contribution in [3.63, 3.8) is 0 Å².